The number of methoxy groups -OCH3 is 1. The monoisotopic (exact) mass is 503 g/mol. The van der Waals surface area contributed by atoms with E-state index in [0.29, 0.717) is 31.5 Å². The lowest BCUT2D eigenvalue weighted by Gasteiger charge is -2.19. The quantitative estimate of drug-likeness (QED) is 0.199. The van der Waals surface area contributed by atoms with Crippen molar-refractivity contribution in [3.63, 3.8) is 0 Å². The zero-order valence-corrected chi connectivity index (χ0v) is 18.9. The van der Waals surface area contributed by atoms with Crippen molar-refractivity contribution in [3.8, 4) is 5.75 Å². The molecule has 0 saturated carbocycles. The first-order valence-corrected chi connectivity index (χ1v) is 9.08. The molecular weight excluding hydrogens is 473 g/mol. The summed E-state index contributed by atoms with van der Waals surface area (Å²) in [6.07, 6.45) is 2.37. The molecule has 2 rings (SSSR count). The molecule has 1 atom stereocenters. The molecule has 1 unspecified atom stereocenters. The molecule has 0 fully saturated rings. The normalized spacial score (nSPS) is 13.4. The Labute approximate surface area is 183 Å². The molecule has 0 amide bonds. The number of hydrogen-bond acceptors (Lipinski definition) is 5. The first kappa shape index (κ1) is 24.3. The number of nitrogens with one attached hydrogen (secondary N) is 2. The van der Waals surface area contributed by atoms with Crippen molar-refractivity contribution in [2.45, 2.75) is 25.9 Å². The van der Waals surface area contributed by atoms with Gasteiger partial charge in [0.1, 0.15) is 17.1 Å². The highest BCUT2D eigenvalue weighted by Crippen LogP contribution is 2.21. The first-order valence-electron chi connectivity index (χ1n) is 9.08. The molecule has 0 aliphatic carbocycles. The topological polar surface area (TPSA) is 88.3 Å². The molecule has 1 aromatic carbocycles. The zero-order valence-electron chi connectivity index (χ0n) is 16.6. The molecule has 28 heavy (non-hydrogen) atoms. The van der Waals surface area contributed by atoms with E-state index in [1.54, 1.807) is 26.2 Å². The third kappa shape index (κ3) is 8.07. The van der Waals surface area contributed by atoms with Gasteiger partial charge in [-0.3, -0.25) is 0 Å². The number of aliphatic hydroxyl groups is 1. The number of halogens is 1. The summed E-state index contributed by atoms with van der Waals surface area (Å²) in [5, 5.41) is 17.0. The van der Waals surface area contributed by atoms with Crippen molar-refractivity contribution in [2.24, 2.45) is 4.99 Å². The lowest BCUT2D eigenvalue weighted by molar-refractivity contribution is 0.0438. The van der Waals surface area contributed by atoms with E-state index in [-0.39, 0.29) is 30.5 Å². The highest BCUT2D eigenvalue weighted by atomic mass is 127. The molecule has 0 saturated heterocycles. The number of aliphatic imine (C=N–C) groups is 1. The molecule has 7 nitrogen and oxygen atoms in total. The van der Waals surface area contributed by atoms with Crippen LogP contribution in [-0.4, -0.2) is 44.5 Å². The van der Waals surface area contributed by atoms with Crippen molar-refractivity contribution in [2.75, 3.05) is 38.7 Å². The number of anilines is 1. The van der Waals surface area contributed by atoms with Gasteiger partial charge in [-0.1, -0.05) is 6.07 Å². The molecule has 156 valence electrons. The molecule has 8 heteroatoms. The van der Waals surface area contributed by atoms with Crippen LogP contribution in [0.15, 0.2) is 52.1 Å². The maximum atomic E-state index is 10.6. The second kappa shape index (κ2) is 12.6. The number of guanidine groups is 1. The summed E-state index contributed by atoms with van der Waals surface area (Å²) in [5.41, 5.74) is -0.338. The maximum absolute atomic E-state index is 10.6. The average Bonchev–Trinajstić information content (AvgIpc) is 3.20. The molecular formula is C20H30IN3O4. The van der Waals surface area contributed by atoms with Crippen LogP contribution in [0.5, 0.6) is 5.75 Å². The van der Waals surface area contributed by atoms with E-state index in [0.717, 1.165) is 17.9 Å². The van der Waals surface area contributed by atoms with Crippen LogP contribution in [0.1, 0.15) is 26.0 Å². The molecule has 1 heterocycles. The van der Waals surface area contributed by atoms with Gasteiger partial charge in [-0.25, -0.2) is 4.99 Å². The number of benzene rings is 1. The van der Waals surface area contributed by atoms with Crippen molar-refractivity contribution in [3.05, 3.63) is 48.4 Å². The van der Waals surface area contributed by atoms with Gasteiger partial charge in [0.2, 0.25) is 0 Å². The van der Waals surface area contributed by atoms with Crippen LogP contribution in [0.4, 0.5) is 5.69 Å². The number of nitrogens with zero attached hydrogens (tertiary/aromatic N) is 1. The van der Waals surface area contributed by atoms with Gasteiger partial charge < -0.3 is 29.6 Å². The third-order valence-electron chi connectivity index (χ3n) is 3.80. The lowest BCUT2D eigenvalue weighted by Crippen LogP contribution is -2.33. The Morgan fingerprint density at radius 3 is 2.75 bits per heavy atom. The van der Waals surface area contributed by atoms with Crippen LogP contribution in [0.25, 0.3) is 0 Å². The molecule has 0 aliphatic rings. The summed E-state index contributed by atoms with van der Waals surface area (Å²) in [5.74, 6) is 1.82. The molecule has 0 bridgehead atoms. The predicted octanol–water partition coefficient (Wildman–Crippen LogP) is 3.60. The van der Waals surface area contributed by atoms with Crippen LogP contribution in [0, 0.1) is 0 Å². The molecule has 0 aliphatic heterocycles. The summed E-state index contributed by atoms with van der Waals surface area (Å²) in [7, 11) is 1.68. The Hall–Kier alpha value is -1.78. The molecule has 1 aromatic heterocycles. The van der Waals surface area contributed by atoms with Crippen LogP contribution in [0.3, 0.4) is 0 Å². The Bertz CT molecular complexity index is 705. The van der Waals surface area contributed by atoms with Gasteiger partial charge >= 0.3 is 0 Å². The Morgan fingerprint density at radius 2 is 2.07 bits per heavy atom. The van der Waals surface area contributed by atoms with Crippen molar-refractivity contribution in [1.82, 2.24) is 5.32 Å². The second-order valence-electron chi connectivity index (χ2n) is 6.29. The van der Waals surface area contributed by atoms with Gasteiger partial charge in [0, 0.05) is 38.4 Å². The average molecular weight is 503 g/mol. The van der Waals surface area contributed by atoms with Crippen molar-refractivity contribution in [1.29, 1.82) is 0 Å². The Balaban J connectivity index is 0.00000392. The fourth-order valence-electron chi connectivity index (χ4n) is 2.40. The fraction of sp³-hybridized carbons (Fsp3) is 0.450. The Kier molecular flexibility index (Phi) is 10.9. The minimum Gasteiger partial charge on any atom is -0.493 e. The SMILES string of the molecule is CCNC(=NCC(C)(O)c1ccco1)Nc1cccc(OCCCOC)c1.I. The van der Waals surface area contributed by atoms with Gasteiger partial charge in [-0.15, -0.1) is 24.0 Å². The van der Waals surface area contributed by atoms with Gasteiger partial charge in [0.25, 0.3) is 0 Å². The van der Waals surface area contributed by atoms with Crippen LogP contribution in [0.2, 0.25) is 0 Å². The van der Waals surface area contributed by atoms with E-state index in [4.69, 9.17) is 13.9 Å². The standard InChI is InChI=1S/C20H29N3O4.HI/c1-4-21-19(22-15-20(2,24)18-10-6-12-27-18)23-16-8-5-9-17(14-16)26-13-7-11-25-3;/h5-6,8-10,12,14,24H,4,7,11,13,15H2,1-3H3,(H2,21,22,23);1H. The number of rotatable bonds is 10. The highest BCUT2D eigenvalue weighted by Gasteiger charge is 2.26. The summed E-state index contributed by atoms with van der Waals surface area (Å²) < 4.78 is 16.0. The number of ether oxygens (including phenoxy) is 2. The van der Waals surface area contributed by atoms with E-state index < -0.39 is 5.60 Å². The summed E-state index contributed by atoms with van der Waals surface area (Å²) in [6.45, 7) is 5.78. The van der Waals surface area contributed by atoms with E-state index in [2.05, 4.69) is 15.6 Å². The van der Waals surface area contributed by atoms with Gasteiger partial charge in [-0.2, -0.15) is 0 Å². The summed E-state index contributed by atoms with van der Waals surface area (Å²) >= 11 is 0. The highest BCUT2D eigenvalue weighted by molar-refractivity contribution is 14.0. The second-order valence-corrected chi connectivity index (χ2v) is 6.29. The smallest absolute Gasteiger partial charge is 0.195 e. The van der Waals surface area contributed by atoms with Gasteiger partial charge in [-0.05, 0) is 38.1 Å². The zero-order chi connectivity index (χ0) is 19.5. The largest absolute Gasteiger partial charge is 0.493 e. The number of hydrogen-bond donors (Lipinski definition) is 3. The molecule has 3 N–H and O–H groups in total. The van der Waals surface area contributed by atoms with E-state index in [1.165, 1.54) is 6.26 Å². The van der Waals surface area contributed by atoms with Crippen molar-refractivity contribution < 1.29 is 19.0 Å². The lowest BCUT2D eigenvalue weighted by atomic mass is 10.0. The third-order valence-corrected chi connectivity index (χ3v) is 3.80. The molecule has 2 aromatic rings. The van der Waals surface area contributed by atoms with Gasteiger partial charge in [0.15, 0.2) is 5.96 Å². The first-order chi connectivity index (χ1) is 13.0. The molecule has 0 radical (unpaired) electrons. The molecule has 0 spiro atoms. The predicted molar refractivity (Wildman–Crippen MR) is 122 cm³/mol. The van der Waals surface area contributed by atoms with Gasteiger partial charge in [0.05, 0.1) is 19.4 Å². The van der Waals surface area contributed by atoms with Crippen LogP contribution in [-0.2, 0) is 10.3 Å². The summed E-state index contributed by atoms with van der Waals surface area (Å²) in [4.78, 5) is 4.48. The number of furan rings is 1. The van der Waals surface area contributed by atoms with Crippen LogP contribution >= 0.6 is 24.0 Å². The van der Waals surface area contributed by atoms with Crippen LogP contribution < -0.4 is 15.4 Å². The van der Waals surface area contributed by atoms with E-state index in [9.17, 15) is 5.11 Å². The van der Waals surface area contributed by atoms with Crippen molar-refractivity contribution >= 4 is 35.6 Å². The minimum atomic E-state index is -1.18. The summed E-state index contributed by atoms with van der Waals surface area (Å²) in [6, 6.07) is 11.1. The maximum Gasteiger partial charge on any atom is 0.195 e. The van der Waals surface area contributed by atoms with E-state index >= 15 is 0 Å². The van der Waals surface area contributed by atoms with E-state index in [1.807, 2.05) is 31.2 Å². The fourth-order valence-corrected chi connectivity index (χ4v) is 2.40. The minimum absolute atomic E-state index is 0. The Morgan fingerprint density at radius 1 is 1.25 bits per heavy atom.